The van der Waals surface area contributed by atoms with E-state index in [0.29, 0.717) is 5.88 Å². The molecular formula is C17H27ClN2. The molecule has 1 aromatic carbocycles. The summed E-state index contributed by atoms with van der Waals surface area (Å²) in [6.07, 6.45) is 5.27. The zero-order valence-electron chi connectivity index (χ0n) is 12.7. The maximum atomic E-state index is 6.22. The van der Waals surface area contributed by atoms with Gasteiger partial charge in [0.15, 0.2) is 0 Å². The van der Waals surface area contributed by atoms with Gasteiger partial charge in [-0.1, -0.05) is 36.8 Å². The van der Waals surface area contributed by atoms with Crippen molar-refractivity contribution in [2.75, 3.05) is 26.0 Å². The molecule has 2 atom stereocenters. The molecule has 1 aromatic rings. The molecule has 1 saturated heterocycles. The Morgan fingerprint density at radius 2 is 2.05 bits per heavy atom. The fourth-order valence-corrected chi connectivity index (χ4v) is 3.30. The zero-order chi connectivity index (χ0) is 14.4. The van der Waals surface area contributed by atoms with Crippen molar-refractivity contribution in [3.63, 3.8) is 0 Å². The first-order valence-corrected chi connectivity index (χ1v) is 8.26. The van der Waals surface area contributed by atoms with Crippen molar-refractivity contribution in [1.82, 2.24) is 10.2 Å². The second-order valence-corrected chi connectivity index (χ2v) is 6.44. The highest BCUT2D eigenvalue weighted by molar-refractivity contribution is 6.18. The first kappa shape index (κ1) is 15.8. The third-order valence-electron chi connectivity index (χ3n) is 4.59. The van der Waals surface area contributed by atoms with E-state index >= 15 is 0 Å². The lowest BCUT2D eigenvalue weighted by molar-refractivity contribution is 0.172. The van der Waals surface area contributed by atoms with Crippen molar-refractivity contribution >= 4 is 11.6 Å². The number of hydrogen-bond donors (Lipinski definition) is 1. The Morgan fingerprint density at radius 1 is 1.30 bits per heavy atom. The Balaban J connectivity index is 1.87. The van der Waals surface area contributed by atoms with Gasteiger partial charge in [-0.05, 0) is 51.9 Å². The van der Waals surface area contributed by atoms with Gasteiger partial charge < -0.3 is 10.2 Å². The normalized spacial score (nSPS) is 23.4. The number of benzene rings is 1. The number of nitrogens with one attached hydrogen (secondary N) is 1. The van der Waals surface area contributed by atoms with Crippen LogP contribution in [0.3, 0.4) is 0 Å². The Hall–Kier alpha value is -0.570. The molecule has 0 amide bonds. The minimum Gasteiger partial charge on any atom is -0.307 e. The van der Waals surface area contributed by atoms with Crippen molar-refractivity contribution in [3.8, 4) is 0 Å². The second-order valence-electron chi connectivity index (χ2n) is 6.18. The molecule has 1 heterocycles. The van der Waals surface area contributed by atoms with Gasteiger partial charge in [0.25, 0.3) is 0 Å². The molecule has 20 heavy (non-hydrogen) atoms. The van der Waals surface area contributed by atoms with Crippen molar-refractivity contribution < 1.29 is 0 Å². The van der Waals surface area contributed by atoms with Gasteiger partial charge >= 0.3 is 0 Å². The number of likely N-dealkylation sites (tertiary alicyclic amines) is 1. The molecule has 3 heteroatoms. The number of nitrogens with zero attached hydrogens (tertiary/aromatic N) is 1. The van der Waals surface area contributed by atoms with Crippen LogP contribution >= 0.6 is 11.6 Å². The van der Waals surface area contributed by atoms with Crippen LogP contribution in [0.5, 0.6) is 0 Å². The van der Waals surface area contributed by atoms with E-state index in [4.69, 9.17) is 11.6 Å². The molecule has 0 radical (unpaired) electrons. The summed E-state index contributed by atoms with van der Waals surface area (Å²) in [6.45, 7) is 4.46. The molecule has 0 bridgehead atoms. The summed E-state index contributed by atoms with van der Waals surface area (Å²) in [7, 11) is 2.25. The molecule has 0 aliphatic carbocycles. The fraction of sp³-hybridized carbons (Fsp3) is 0.647. The number of rotatable bonds is 6. The number of halogens is 1. The number of piperidine rings is 1. The Kier molecular flexibility index (Phi) is 5.88. The molecular weight excluding hydrogens is 268 g/mol. The molecule has 0 spiro atoms. The predicted octanol–water partition coefficient (Wildman–Crippen LogP) is 3.60. The molecule has 0 saturated carbocycles. The third kappa shape index (κ3) is 3.97. The topological polar surface area (TPSA) is 15.3 Å². The van der Waals surface area contributed by atoms with Crippen LogP contribution in [0, 0.1) is 0 Å². The first-order valence-electron chi connectivity index (χ1n) is 7.72. The molecule has 2 nitrogen and oxygen atoms in total. The maximum absolute atomic E-state index is 6.22. The quantitative estimate of drug-likeness (QED) is 0.807. The van der Waals surface area contributed by atoms with Gasteiger partial charge in [-0.15, -0.1) is 11.6 Å². The lowest BCUT2D eigenvalue weighted by Gasteiger charge is -2.35. The fourth-order valence-electron chi connectivity index (χ4n) is 3.06. The van der Waals surface area contributed by atoms with E-state index in [1.54, 1.807) is 0 Å². The zero-order valence-corrected chi connectivity index (χ0v) is 13.5. The highest BCUT2D eigenvalue weighted by Gasteiger charge is 2.25. The molecule has 1 fully saturated rings. The average Bonchev–Trinajstić information content (AvgIpc) is 2.50. The number of alkyl halides is 1. The van der Waals surface area contributed by atoms with Gasteiger partial charge in [0.1, 0.15) is 0 Å². The van der Waals surface area contributed by atoms with Crippen LogP contribution in [0.2, 0.25) is 0 Å². The summed E-state index contributed by atoms with van der Waals surface area (Å²) in [4.78, 5) is 2.51. The van der Waals surface area contributed by atoms with E-state index in [1.165, 1.54) is 37.8 Å². The van der Waals surface area contributed by atoms with Crippen molar-refractivity contribution in [2.45, 2.75) is 44.2 Å². The van der Waals surface area contributed by atoms with E-state index in [2.05, 4.69) is 54.5 Å². The summed E-state index contributed by atoms with van der Waals surface area (Å²) >= 11 is 6.22. The van der Waals surface area contributed by atoms with Crippen LogP contribution in [0.4, 0.5) is 0 Å². The Morgan fingerprint density at radius 3 is 2.70 bits per heavy atom. The summed E-state index contributed by atoms with van der Waals surface area (Å²) in [5.74, 6) is 0.595. The first-order chi connectivity index (χ1) is 9.65. The molecule has 2 unspecified atom stereocenters. The SMILES string of the molecule is CN1CCCCC1CCNC(C)(CCl)c1ccccc1. The van der Waals surface area contributed by atoms with Gasteiger partial charge in [-0.3, -0.25) is 0 Å². The van der Waals surface area contributed by atoms with Gasteiger partial charge in [-0.2, -0.15) is 0 Å². The predicted molar refractivity (Wildman–Crippen MR) is 87.4 cm³/mol. The lowest BCUT2D eigenvalue weighted by Crippen LogP contribution is -2.44. The summed E-state index contributed by atoms with van der Waals surface area (Å²) in [5, 5.41) is 3.67. The average molecular weight is 295 g/mol. The minimum absolute atomic E-state index is 0.129. The van der Waals surface area contributed by atoms with Crippen LogP contribution in [-0.2, 0) is 5.54 Å². The van der Waals surface area contributed by atoms with E-state index in [-0.39, 0.29) is 5.54 Å². The molecule has 2 rings (SSSR count). The largest absolute Gasteiger partial charge is 0.307 e. The number of hydrogen-bond acceptors (Lipinski definition) is 2. The smallest absolute Gasteiger partial charge is 0.0543 e. The van der Waals surface area contributed by atoms with Crippen LogP contribution in [0.1, 0.15) is 38.2 Å². The maximum Gasteiger partial charge on any atom is 0.0543 e. The second kappa shape index (κ2) is 7.44. The van der Waals surface area contributed by atoms with Gasteiger partial charge in [0.05, 0.1) is 5.54 Å². The standard InChI is InChI=1S/C17H27ClN2/c1-17(14-18,15-8-4-3-5-9-15)19-12-11-16-10-6-7-13-20(16)2/h3-5,8-9,16,19H,6-7,10-14H2,1-2H3. The van der Waals surface area contributed by atoms with Crippen molar-refractivity contribution in [2.24, 2.45) is 0 Å². The van der Waals surface area contributed by atoms with Crippen molar-refractivity contribution in [1.29, 1.82) is 0 Å². The molecule has 1 aliphatic rings. The Labute approximate surface area is 128 Å². The van der Waals surface area contributed by atoms with Crippen LogP contribution < -0.4 is 5.32 Å². The van der Waals surface area contributed by atoms with E-state index < -0.39 is 0 Å². The Bertz CT molecular complexity index is 395. The lowest BCUT2D eigenvalue weighted by atomic mass is 9.93. The minimum atomic E-state index is -0.129. The third-order valence-corrected chi connectivity index (χ3v) is 5.13. The summed E-state index contributed by atoms with van der Waals surface area (Å²) < 4.78 is 0. The van der Waals surface area contributed by atoms with Crippen LogP contribution in [0.15, 0.2) is 30.3 Å². The van der Waals surface area contributed by atoms with Gasteiger partial charge in [0, 0.05) is 11.9 Å². The highest BCUT2D eigenvalue weighted by Crippen LogP contribution is 2.23. The van der Waals surface area contributed by atoms with Crippen molar-refractivity contribution in [3.05, 3.63) is 35.9 Å². The molecule has 1 N–H and O–H groups in total. The molecule has 0 aromatic heterocycles. The van der Waals surface area contributed by atoms with Crippen LogP contribution in [0.25, 0.3) is 0 Å². The summed E-state index contributed by atoms with van der Waals surface area (Å²) in [6, 6.07) is 11.2. The summed E-state index contributed by atoms with van der Waals surface area (Å²) in [5.41, 5.74) is 1.14. The molecule has 1 aliphatic heterocycles. The van der Waals surface area contributed by atoms with Crippen LogP contribution in [-0.4, -0.2) is 37.0 Å². The monoisotopic (exact) mass is 294 g/mol. The van der Waals surface area contributed by atoms with Gasteiger partial charge in [-0.25, -0.2) is 0 Å². The van der Waals surface area contributed by atoms with E-state index in [9.17, 15) is 0 Å². The van der Waals surface area contributed by atoms with Gasteiger partial charge in [0.2, 0.25) is 0 Å². The van der Waals surface area contributed by atoms with E-state index in [0.717, 1.165) is 12.6 Å². The van der Waals surface area contributed by atoms with E-state index in [1.807, 2.05) is 0 Å². The molecule has 112 valence electrons. The highest BCUT2D eigenvalue weighted by atomic mass is 35.5.